The Hall–Kier alpha value is -0.940. The fraction of sp³-hybridized carbons (Fsp3) is 0.833. The van der Waals surface area contributed by atoms with Gasteiger partial charge in [0.25, 0.3) is 0 Å². The van der Waals surface area contributed by atoms with Gasteiger partial charge in [-0.2, -0.15) is 4.98 Å². The predicted molar refractivity (Wildman–Crippen MR) is 65.9 cm³/mol. The summed E-state index contributed by atoms with van der Waals surface area (Å²) < 4.78 is 5.23. The van der Waals surface area contributed by atoms with Crippen molar-refractivity contribution in [3.8, 4) is 0 Å². The van der Waals surface area contributed by atoms with Crippen LogP contribution in [0.25, 0.3) is 0 Å². The van der Waals surface area contributed by atoms with E-state index in [2.05, 4.69) is 27.3 Å². The molecule has 2 rings (SSSR count). The molecule has 2 heterocycles. The summed E-state index contributed by atoms with van der Waals surface area (Å²) in [5.41, 5.74) is 0. The van der Waals surface area contributed by atoms with E-state index >= 15 is 0 Å². The average Bonchev–Trinajstić information content (AvgIpc) is 2.96. The highest BCUT2D eigenvalue weighted by molar-refractivity contribution is 4.93. The van der Waals surface area contributed by atoms with Crippen LogP contribution in [0.4, 0.5) is 0 Å². The standard InChI is InChI=1S/C12H22N4O/c1-3-16-8-4-5-10(16)9-11-14-12(17-15-11)6-7-13-2/h10,13H,3-9H2,1-2H3. The normalized spacial score (nSPS) is 21.2. The summed E-state index contributed by atoms with van der Waals surface area (Å²) >= 11 is 0. The Morgan fingerprint density at radius 1 is 1.53 bits per heavy atom. The Morgan fingerprint density at radius 3 is 3.18 bits per heavy atom. The number of nitrogens with zero attached hydrogens (tertiary/aromatic N) is 3. The Labute approximate surface area is 103 Å². The predicted octanol–water partition coefficient (Wildman–Crippen LogP) is 0.858. The summed E-state index contributed by atoms with van der Waals surface area (Å²) in [4.78, 5) is 6.94. The lowest BCUT2D eigenvalue weighted by Gasteiger charge is -2.20. The maximum absolute atomic E-state index is 5.23. The first kappa shape index (κ1) is 12.5. The number of nitrogens with one attached hydrogen (secondary N) is 1. The summed E-state index contributed by atoms with van der Waals surface area (Å²) in [5, 5.41) is 7.14. The van der Waals surface area contributed by atoms with Crippen LogP contribution in [0.5, 0.6) is 0 Å². The Kier molecular flexibility index (Phi) is 4.50. The van der Waals surface area contributed by atoms with Gasteiger partial charge in [0.15, 0.2) is 5.82 Å². The smallest absolute Gasteiger partial charge is 0.227 e. The second-order valence-electron chi connectivity index (χ2n) is 4.59. The highest BCUT2D eigenvalue weighted by Crippen LogP contribution is 2.19. The minimum absolute atomic E-state index is 0.606. The number of hydrogen-bond donors (Lipinski definition) is 1. The summed E-state index contributed by atoms with van der Waals surface area (Å²) in [5.74, 6) is 1.61. The molecule has 0 bridgehead atoms. The van der Waals surface area contributed by atoms with Crippen molar-refractivity contribution in [2.24, 2.45) is 0 Å². The van der Waals surface area contributed by atoms with Gasteiger partial charge < -0.3 is 14.7 Å². The number of rotatable bonds is 6. The maximum atomic E-state index is 5.23. The van der Waals surface area contributed by atoms with Crippen LogP contribution in [0.2, 0.25) is 0 Å². The molecule has 17 heavy (non-hydrogen) atoms. The molecule has 0 aromatic carbocycles. The third kappa shape index (κ3) is 3.26. The summed E-state index contributed by atoms with van der Waals surface area (Å²) in [7, 11) is 1.93. The lowest BCUT2D eigenvalue weighted by molar-refractivity contribution is 0.261. The molecule has 0 amide bonds. The van der Waals surface area contributed by atoms with Gasteiger partial charge in [0.1, 0.15) is 0 Å². The average molecular weight is 238 g/mol. The molecule has 0 aliphatic carbocycles. The van der Waals surface area contributed by atoms with Crippen molar-refractivity contribution in [3.05, 3.63) is 11.7 Å². The van der Waals surface area contributed by atoms with E-state index in [-0.39, 0.29) is 0 Å². The van der Waals surface area contributed by atoms with Crippen LogP contribution in [-0.4, -0.2) is 47.8 Å². The van der Waals surface area contributed by atoms with Crippen LogP contribution < -0.4 is 5.32 Å². The minimum Gasteiger partial charge on any atom is -0.339 e. The van der Waals surface area contributed by atoms with Crippen molar-refractivity contribution in [2.45, 2.75) is 38.6 Å². The van der Waals surface area contributed by atoms with E-state index in [4.69, 9.17) is 4.52 Å². The van der Waals surface area contributed by atoms with Gasteiger partial charge in [0, 0.05) is 25.4 Å². The summed E-state index contributed by atoms with van der Waals surface area (Å²) in [6.45, 7) is 5.43. The monoisotopic (exact) mass is 238 g/mol. The van der Waals surface area contributed by atoms with Crippen LogP contribution >= 0.6 is 0 Å². The molecule has 1 unspecified atom stereocenters. The van der Waals surface area contributed by atoms with Gasteiger partial charge in [-0.3, -0.25) is 0 Å². The molecule has 1 atom stereocenters. The molecule has 5 nitrogen and oxygen atoms in total. The first-order valence-electron chi connectivity index (χ1n) is 6.53. The molecule has 1 fully saturated rings. The van der Waals surface area contributed by atoms with E-state index in [9.17, 15) is 0 Å². The van der Waals surface area contributed by atoms with Crippen molar-refractivity contribution in [2.75, 3.05) is 26.7 Å². The Balaban J connectivity index is 1.87. The second kappa shape index (κ2) is 6.12. The van der Waals surface area contributed by atoms with Crippen LogP contribution in [0.15, 0.2) is 4.52 Å². The zero-order chi connectivity index (χ0) is 12.1. The fourth-order valence-corrected chi connectivity index (χ4v) is 2.46. The molecule has 1 saturated heterocycles. The highest BCUT2D eigenvalue weighted by atomic mass is 16.5. The van der Waals surface area contributed by atoms with Crippen molar-refractivity contribution < 1.29 is 4.52 Å². The van der Waals surface area contributed by atoms with Crippen molar-refractivity contribution >= 4 is 0 Å². The van der Waals surface area contributed by atoms with Crippen molar-refractivity contribution in [1.82, 2.24) is 20.4 Å². The van der Waals surface area contributed by atoms with E-state index in [1.807, 2.05) is 7.05 Å². The largest absolute Gasteiger partial charge is 0.339 e. The summed E-state index contributed by atoms with van der Waals surface area (Å²) in [6.07, 6.45) is 4.29. The van der Waals surface area contributed by atoms with Crippen molar-refractivity contribution in [3.63, 3.8) is 0 Å². The maximum Gasteiger partial charge on any atom is 0.227 e. The van der Waals surface area contributed by atoms with E-state index in [1.165, 1.54) is 19.4 Å². The Bertz CT molecular complexity index is 339. The zero-order valence-corrected chi connectivity index (χ0v) is 10.8. The van der Waals surface area contributed by atoms with Gasteiger partial charge >= 0.3 is 0 Å². The van der Waals surface area contributed by atoms with Crippen LogP contribution in [0.1, 0.15) is 31.5 Å². The molecule has 1 N–H and O–H groups in total. The molecular formula is C12H22N4O. The zero-order valence-electron chi connectivity index (χ0n) is 10.8. The quantitative estimate of drug-likeness (QED) is 0.796. The number of hydrogen-bond acceptors (Lipinski definition) is 5. The van der Waals surface area contributed by atoms with E-state index in [0.717, 1.165) is 37.6 Å². The molecule has 0 radical (unpaired) electrons. The molecular weight excluding hydrogens is 216 g/mol. The fourth-order valence-electron chi connectivity index (χ4n) is 2.46. The highest BCUT2D eigenvalue weighted by Gasteiger charge is 2.24. The lowest BCUT2D eigenvalue weighted by atomic mass is 10.1. The number of aromatic nitrogens is 2. The molecule has 1 aliphatic heterocycles. The lowest BCUT2D eigenvalue weighted by Crippen LogP contribution is -2.31. The number of likely N-dealkylation sites (tertiary alicyclic amines) is 1. The van der Waals surface area contributed by atoms with Crippen molar-refractivity contribution in [1.29, 1.82) is 0 Å². The molecule has 0 saturated carbocycles. The van der Waals surface area contributed by atoms with E-state index < -0.39 is 0 Å². The molecule has 1 aromatic heterocycles. The van der Waals surface area contributed by atoms with E-state index in [0.29, 0.717) is 6.04 Å². The number of likely N-dealkylation sites (N-methyl/N-ethyl adjacent to an activating group) is 2. The van der Waals surface area contributed by atoms with E-state index in [1.54, 1.807) is 0 Å². The SMILES string of the molecule is CCN1CCCC1Cc1noc(CCNC)n1. The van der Waals surface area contributed by atoms with Gasteiger partial charge in [-0.25, -0.2) is 0 Å². The second-order valence-corrected chi connectivity index (χ2v) is 4.59. The first-order valence-corrected chi connectivity index (χ1v) is 6.53. The van der Waals surface area contributed by atoms with Gasteiger partial charge in [-0.05, 0) is 33.0 Å². The molecule has 96 valence electrons. The van der Waals surface area contributed by atoms with Crippen LogP contribution in [-0.2, 0) is 12.8 Å². The van der Waals surface area contributed by atoms with Gasteiger partial charge in [0.05, 0.1) is 0 Å². The van der Waals surface area contributed by atoms with Gasteiger partial charge in [-0.1, -0.05) is 12.1 Å². The van der Waals surface area contributed by atoms with Crippen LogP contribution in [0.3, 0.4) is 0 Å². The molecule has 5 heteroatoms. The summed E-state index contributed by atoms with van der Waals surface area (Å²) in [6, 6.07) is 0.606. The molecule has 0 spiro atoms. The molecule has 1 aliphatic rings. The van der Waals surface area contributed by atoms with Gasteiger partial charge in [0.2, 0.25) is 5.89 Å². The van der Waals surface area contributed by atoms with Gasteiger partial charge in [-0.15, -0.1) is 0 Å². The van der Waals surface area contributed by atoms with Crippen LogP contribution in [0, 0.1) is 0 Å². The Morgan fingerprint density at radius 2 is 2.41 bits per heavy atom. The minimum atomic E-state index is 0.606. The third-order valence-electron chi connectivity index (χ3n) is 3.42. The molecule has 1 aromatic rings. The topological polar surface area (TPSA) is 54.2 Å². The first-order chi connectivity index (χ1) is 8.33. The third-order valence-corrected chi connectivity index (χ3v) is 3.42.